The van der Waals surface area contributed by atoms with Crippen LogP contribution in [-0.4, -0.2) is 68.6 Å². The summed E-state index contributed by atoms with van der Waals surface area (Å²) in [6, 6.07) is 10.7. The van der Waals surface area contributed by atoms with Crippen molar-refractivity contribution in [1.82, 2.24) is 20.4 Å². The molecule has 1 amide bonds. The molecule has 0 aliphatic carbocycles. The summed E-state index contributed by atoms with van der Waals surface area (Å²) in [5.74, 6) is 0.0852. The molecule has 1 aromatic carbocycles. The van der Waals surface area contributed by atoms with Gasteiger partial charge < -0.3 is 15.5 Å². The number of benzene rings is 1. The van der Waals surface area contributed by atoms with E-state index in [1.54, 1.807) is 7.05 Å². The van der Waals surface area contributed by atoms with Crippen molar-refractivity contribution in [2.45, 2.75) is 19.4 Å². The van der Waals surface area contributed by atoms with Gasteiger partial charge in [0.1, 0.15) is 0 Å². The Bertz CT molecular complexity index is 450. The number of likely N-dealkylation sites (N-methyl/N-ethyl adjacent to an activating group) is 1. The second kappa shape index (κ2) is 12.3. The van der Waals surface area contributed by atoms with Gasteiger partial charge in [-0.15, -0.1) is 12.4 Å². The molecule has 2 rings (SSSR count). The number of amides is 1. The van der Waals surface area contributed by atoms with Crippen LogP contribution in [0, 0.1) is 0 Å². The number of piperazine rings is 1. The highest BCUT2D eigenvalue weighted by molar-refractivity contribution is 5.85. The molecule has 1 aliphatic heterocycles. The molecule has 0 radical (unpaired) electrons. The lowest BCUT2D eigenvalue weighted by Crippen LogP contribution is -2.46. The number of carbonyl (C=O) groups excluding carboxylic acids is 1. The Labute approximate surface area is 152 Å². The molecule has 6 heteroatoms. The Balaban J connectivity index is 0.00000288. The zero-order valence-corrected chi connectivity index (χ0v) is 15.5. The van der Waals surface area contributed by atoms with Crippen molar-refractivity contribution >= 4 is 18.3 Å². The number of halogens is 1. The van der Waals surface area contributed by atoms with Gasteiger partial charge in [0.25, 0.3) is 0 Å². The van der Waals surface area contributed by atoms with Crippen LogP contribution >= 0.6 is 12.4 Å². The van der Waals surface area contributed by atoms with E-state index in [9.17, 15) is 4.79 Å². The molecule has 0 aromatic heterocycles. The van der Waals surface area contributed by atoms with E-state index in [-0.39, 0.29) is 18.3 Å². The third-order valence-electron chi connectivity index (χ3n) is 4.27. The van der Waals surface area contributed by atoms with Crippen LogP contribution < -0.4 is 10.6 Å². The molecule has 2 N–H and O–H groups in total. The topological polar surface area (TPSA) is 47.6 Å². The molecule has 24 heavy (non-hydrogen) atoms. The smallest absolute Gasteiger partial charge is 0.233 e. The van der Waals surface area contributed by atoms with E-state index in [0.29, 0.717) is 6.54 Å². The van der Waals surface area contributed by atoms with E-state index in [0.717, 1.165) is 58.7 Å². The average molecular weight is 355 g/mol. The molecular weight excluding hydrogens is 324 g/mol. The second-order valence-corrected chi connectivity index (χ2v) is 6.19. The Morgan fingerprint density at radius 1 is 1.04 bits per heavy atom. The Morgan fingerprint density at radius 3 is 2.38 bits per heavy atom. The summed E-state index contributed by atoms with van der Waals surface area (Å²) in [4.78, 5) is 16.4. The van der Waals surface area contributed by atoms with Crippen LogP contribution in [0.2, 0.25) is 0 Å². The first-order valence-electron chi connectivity index (χ1n) is 8.68. The summed E-state index contributed by atoms with van der Waals surface area (Å²) < 4.78 is 0. The van der Waals surface area contributed by atoms with E-state index < -0.39 is 0 Å². The fraction of sp³-hybridized carbons (Fsp3) is 0.611. The van der Waals surface area contributed by atoms with Crippen molar-refractivity contribution in [3.8, 4) is 0 Å². The van der Waals surface area contributed by atoms with Gasteiger partial charge >= 0.3 is 0 Å². The summed E-state index contributed by atoms with van der Waals surface area (Å²) in [5, 5.41) is 5.78. The van der Waals surface area contributed by atoms with E-state index in [1.165, 1.54) is 5.56 Å². The highest BCUT2D eigenvalue weighted by Gasteiger charge is 2.16. The molecule has 5 nitrogen and oxygen atoms in total. The summed E-state index contributed by atoms with van der Waals surface area (Å²) in [5.41, 5.74) is 1.40. The quantitative estimate of drug-likeness (QED) is 0.657. The molecule has 1 saturated heterocycles. The van der Waals surface area contributed by atoms with Crippen LogP contribution in [0.15, 0.2) is 30.3 Å². The van der Waals surface area contributed by atoms with Gasteiger partial charge in [-0.05, 0) is 32.0 Å². The van der Waals surface area contributed by atoms with Crippen molar-refractivity contribution < 1.29 is 4.79 Å². The maximum absolute atomic E-state index is 11.3. The van der Waals surface area contributed by atoms with Gasteiger partial charge in [-0.2, -0.15) is 0 Å². The molecule has 1 heterocycles. The Hall–Kier alpha value is -1.14. The monoisotopic (exact) mass is 354 g/mol. The van der Waals surface area contributed by atoms with E-state index in [1.807, 2.05) is 0 Å². The fourth-order valence-electron chi connectivity index (χ4n) is 2.92. The molecule has 0 unspecified atom stereocenters. The van der Waals surface area contributed by atoms with Crippen molar-refractivity contribution in [3.05, 3.63) is 35.9 Å². The number of hydrogen-bond acceptors (Lipinski definition) is 4. The largest absolute Gasteiger partial charge is 0.355 e. The number of nitrogens with one attached hydrogen (secondary N) is 2. The SMILES string of the molecule is CNCC(=O)NCCCCN1CCN(Cc2ccccc2)CC1.Cl. The summed E-state index contributed by atoms with van der Waals surface area (Å²) in [6.45, 7) is 7.99. The fourth-order valence-corrected chi connectivity index (χ4v) is 2.92. The van der Waals surface area contributed by atoms with Crippen molar-refractivity contribution in [2.24, 2.45) is 0 Å². The van der Waals surface area contributed by atoms with Crippen molar-refractivity contribution in [2.75, 3.05) is 52.9 Å². The lowest BCUT2D eigenvalue weighted by Gasteiger charge is -2.34. The van der Waals surface area contributed by atoms with Gasteiger partial charge in [0.05, 0.1) is 6.54 Å². The number of unbranched alkanes of at least 4 members (excludes halogenated alkanes) is 1. The zero-order chi connectivity index (χ0) is 16.3. The normalized spacial score (nSPS) is 15.7. The first-order chi connectivity index (χ1) is 11.3. The van der Waals surface area contributed by atoms with Crippen LogP contribution in [-0.2, 0) is 11.3 Å². The van der Waals surface area contributed by atoms with E-state index >= 15 is 0 Å². The van der Waals surface area contributed by atoms with E-state index in [4.69, 9.17) is 0 Å². The Morgan fingerprint density at radius 2 is 1.71 bits per heavy atom. The summed E-state index contributed by atoms with van der Waals surface area (Å²) in [7, 11) is 1.79. The van der Waals surface area contributed by atoms with E-state index in [2.05, 4.69) is 50.8 Å². The van der Waals surface area contributed by atoms with Crippen LogP contribution in [0.4, 0.5) is 0 Å². The second-order valence-electron chi connectivity index (χ2n) is 6.19. The van der Waals surface area contributed by atoms with Crippen molar-refractivity contribution in [1.29, 1.82) is 0 Å². The zero-order valence-electron chi connectivity index (χ0n) is 14.7. The van der Waals surface area contributed by atoms with Crippen LogP contribution in [0.1, 0.15) is 18.4 Å². The molecule has 1 aliphatic rings. The molecular formula is C18H31ClN4O. The minimum absolute atomic E-state index is 0. The molecule has 136 valence electrons. The molecule has 0 atom stereocenters. The van der Waals surface area contributed by atoms with Gasteiger partial charge in [0, 0.05) is 39.3 Å². The Kier molecular flexibility index (Phi) is 10.7. The van der Waals surface area contributed by atoms with Gasteiger partial charge in [-0.25, -0.2) is 0 Å². The standard InChI is InChI=1S/C18H30N4O.ClH/c1-19-15-18(23)20-9-5-6-10-21-11-13-22(14-12-21)16-17-7-3-2-4-8-17;/h2-4,7-8,19H,5-6,9-16H2,1H3,(H,20,23);1H. The lowest BCUT2D eigenvalue weighted by atomic mass is 10.2. The van der Waals surface area contributed by atoms with Gasteiger partial charge in [-0.1, -0.05) is 30.3 Å². The van der Waals surface area contributed by atoms with Crippen LogP contribution in [0.3, 0.4) is 0 Å². The molecule has 0 bridgehead atoms. The average Bonchev–Trinajstić information content (AvgIpc) is 2.57. The summed E-state index contributed by atoms with van der Waals surface area (Å²) >= 11 is 0. The number of nitrogens with zero attached hydrogens (tertiary/aromatic N) is 2. The van der Waals surface area contributed by atoms with Gasteiger partial charge in [0.2, 0.25) is 5.91 Å². The molecule has 0 saturated carbocycles. The highest BCUT2D eigenvalue weighted by Crippen LogP contribution is 2.08. The first-order valence-corrected chi connectivity index (χ1v) is 8.68. The minimum Gasteiger partial charge on any atom is -0.355 e. The number of rotatable bonds is 9. The minimum atomic E-state index is 0. The first kappa shape index (κ1) is 20.9. The van der Waals surface area contributed by atoms with Crippen LogP contribution in [0.25, 0.3) is 0 Å². The maximum Gasteiger partial charge on any atom is 0.233 e. The highest BCUT2D eigenvalue weighted by atomic mass is 35.5. The molecule has 1 aromatic rings. The molecule has 0 spiro atoms. The predicted molar refractivity (Wildman–Crippen MR) is 102 cm³/mol. The van der Waals surface area contributed by atoms with Gasteiger partial charge in [0.15, 0.2) is 0 Å². The predicted octanol–water partition coefficient (Wildman–Crippen LogP) is 1.34. The van der Waals surface area contributed by atoms with Crippen LogP contribution in [0.5, 0.6) is 0 Å². The summed E-state index contributed by atoms with van der Waals surface area (Å²) in [6.07, 6.45) is 2.21. The number of hydrogen-bond donors (Lipinski definition) is 2. The number of carbonyl (C=O) groups is 1. The molecule has 1 fully saturated rings. The van der Waals surface area contributed by atoms with Gasteiger partial charge in [-0.3, -0.25) is 9.69 Å². The maximum atomic E-state index is 11.3. The third-order valence-corrected chi connectivity index (χ3v) is 4.27. The lowest BCUT2D eigenvalue weighted by molar-refractivity contribution is -0.120. The van der Waals surface area contributed by atoms with Crippen molar-refractivity contribution in [3.63, 3.8) is 0 Å². The third kappa shape index (κ3) is 8.11.